The number of rotatable bonds is 2. The van der Waals surface area contributed by atoms with Gasteiger partial charge in [-0.15, -0.1) is 0 Å². The van der Waals surface area contributed by atoms with E-state index in [1.54, 1.807) is 25.9 Å². The minimum absolute atomic E-state index is 0. The zero-order chi connectivity index (χ0) is 6.73. The summed E-state index contributed by atoms with van der Waals surface area (Å²) in [6.45, 7) is 1.64. The Hall–Kier alpha value is -0.140. The molecule has 0 aromatic heterocycles. The number of likely N-dealkylation sites (N-methyl/N-ethyl adjacent to an activating group) is 1. The Balaban J connectivity index is 0. The Kier molecular flexibility index (Phi) is 6.09. The molecule has 0 aliphatic carbocycles. The number of hydrogen-bond acceptors (Lipinski definition) is 2. The van der Waals surface area contributed by atoms with E-state index in [2.05, 4.69) is 0 Å². The first-order chi connectivity index (χ1) is 3.55. The first-order valence-corrected chi connectivity index (χ1v) is 2.45. The van der Waals surface area contributed by atoms with Gasteiger partial charge in [0.15, 0.2) is 0 Å². The fraction of sp³-hybridized carbons (Fsp3) is 0.800. The van der Waals surface area contributed by atoms with Crippen molar-refractivity contribution in [2.24, 2.45) is 0 Å². The fourth-order valence-electron chi connectivity index (χ4n) is 0.221. The van der Waals surface area contributed by atoms with Crippen LogP contribution in [0.4, 0.5) is 0 Å². The molecule has 0 fully saturated rings. The van der Waals surface area contributed by atoms with Gasteiger partial charge in [0.1, 0.15) is 6.04 Å². The Morgan fingerprint density at radius 2 is 1.89 bits per heavy atom. The summed E-state index contributed by atoms with van der Waals surface area (Å²) >= 11 is 0. The zero-order valence-electron chi connectivity index (χ0n) is 6.09. The second-order valence-electron chi connectivity index (χ2n) is 1.98. The van der Waals surface area contributed by atoms with Crippen LogP contribution in [-0.2, 0) is 4.79 Å². The fourth-order valence-corrected chi connectivity index (χ4v) is 0.221. The monoisotopic (exact) mass is 151 g/mol. The lowest BCUT2D eigenvalue weighted by atomic mass is 10.3. The molecule has 56 valence electrons. The maximum absolute atomic E-state index is 10.1. The van der Waals surface area contributed by atoms with Crippen molar-refractivity contribution < 1.29 is 9.90 Å². The van der Waals surface area contributed by atoms with Crippen LogP contribution in [0.2, 0.25) is 0 Å². The van der Waals surface area contributed by atoms with Crippen molar-refractivity contribution in [2.45, 2.75) is 13.0 Å². The molecule has 0 aromatic carbocycles. The third-order valence-corrected chi connectivity index (χ3v) is 1.13. The number of carbonyl (C=O) groups is 1. The Morgan fingerprint density at radius 1 is 1.56 bits per heavy atom. The van der Waals surface area contributed by atoms with E-state index in [4.69, 9.17) is 5.11 Å². The van der Waals surface area contributed by atoms with Crippen LogP contribution < -0.4 is 0 Å². The first kappa shape index (κ1) is 11.6. The van der Waals surface area contributed by atoms with E-state index >= 15 is 0 Å². The van der Waals surface area contributed by atoms with Gasteiger partial charge < -0.3 is 5.11 Å². The minimum Gasteiger partial charge on any atom is -0.480 e. The number of hydrogen-bond donors (Lipinski definition) is 1. The third-order valence-electron chi connectivity index (χ3n) is 1.13. The highest BCUT2D eigenvalue weighted by Crippen LogP contribution is 1.88. The maximum atomic E-state index is 10.1. The quantitative estimate of drug-likeness (QED) is 0.568. The number of carboxylic acid groups (broad SMARTS) is 1. The lowest BCUT2D eigenvalue weighted by Crippen LogP contribution is -2.32. The molecule has 0 radical (unpaired) electrons. The van der Waals surface area contributed by atoms with Crippen molar-refractivity contribution >= 4 is 15.9 Å². The van der Waals surface area contributed by atoms with E-state index < -0.39 is 5.97 Å². The van der Waals surface area contributed by atoms with E-state index in [0.717, 1.165) is 0 Å². The molecule has 0 bridgehead atoms. The van der Waals surface area contributed by atoms with Crippen LogP contribution >= 0.6 is 9.90 Å². The lowest BCUT2D eigenvalue weighted by molar-refractivity contribution is -0.141. The summed E-state index contributed by atoms with van der Waals surface area (Å²) in [5.41, 5.74) is 0. The van der Waals surface area contributed by atoms with Crippen molar-refractivity contribution in [2.75, 3.05) is 14.1 Å². The van der Waals surface area contributed by atoms with E-state index in [1.165, 1.54) is 0 Å². The molecule has 0 saturated carbocycles. The second kappa shape index (κ2) is 4.71. The summed E-state index contributed by atoms with van der Waals surface area (Å²) in [6.07, 6.45) is 0. The highest BCUT2D eigenvalue weighted by molar-refractivity contribution is 6.92. The Morgan fingerprint density at radius 3 is 1.89 bits per heavy atom. The molecular weight excluding hydrogens is 137 g/mol. The first-order valence-electron chi connectivity index (χ1n) is 2.45. The van der Waals surface area contributed by atoms with E-state index in [-0.39, 0.29) is 15.9 Å². The lowest BCUT2D eigenvalue weighted by Gasteiger charge is -2.13. The predicted octanol–water partition coefficient (Wildman–Crippen LogP) is 0.0792. The smallest absolute Gasteiger partial charge is 0.320 e. The van der Waals surface area contributed by atoms with Crippen LogP contribution in [0, 0.1) is 0 Å². The largest absolute Gasteiger partial charge is 0.480 e. The van der Waals surface area contributed by atoms with Gasteiger partial charge in [-0.25, -0.2) is 0 Å². The summed E-state index contributed by atoms with van der Waals surface area (Å²) in [7, 11) is 3.47. The molecule has 0 rings (SSSR count). The van der Waals surface area contributed by atoms with Gasteiger partial charge in [-0.1, -0.05) is 0 Å². The molecule has 4 heteroatoms. The molecule has 0 saturated heterocycles. The number of nitrogens with zero attached hydrogens (tertiary/aromatic N) is 1. The van der Waals surface area contributed by atoms with Gasteiger partial charge in [-0.2, -0.15) is 9.90 Å². The van der Waals surface area contributed by atoms with Crippen molar-refractivity contribution in [1.82, 2.24) is 4.90 Å². The van der Waals surface area contributed by atoms with Crippen LogP contribution in [0.5, 0.6) is 0 Å². The van der Waals surface area contributed by atoms with Crippen LogP contribution in [0.3, 0.4) is 0 Å². The normalized spacial score (nSPS) is 12.4. The number of aliphatic carboxylic acids is 1. The Bertz CT molecular complexity index is 95.0. The molecule has 0 heterocycles. The van der Waals surface area contributed by atoms with Gasteiger partial charge in [-0.3, -0.25) is 9.69 Å². The summed E-state index contributed by atoms with van der Waals surface area (Å²) in [4.78, 5) is 11.7. The van der Waals surface area contributed by atoms with Gasteiger partial charge in [0.05, 0.1) is 0 Å². The predicted molar refractivity (Wildman–Crippen MR) is 41.9 cm³/mol. The highest BCUT2D eigenvalue weighted by Gasteiger charge is 2.11. The van der Waals surface area contributed by atoms with E-state index in [0.29, 0.717) is 0 Å². The van der Waals surface area contributed by atoms with Crippen molar-refractivity contribution in [1.29, 1.82) is 0 Å². The second-order valence-corrected chi connectivity index (χ2v) is 1.98. The molecule has 0 amide bonds. The average Bonchev–Trinajstić information content (AvgIpc) is 1.64. The standard InChI is InChI=1S/C5H11NO2.H3P/c1-4(5(7)8)6(2)3;/h4H,1-3H3,(H,7,8);1H3. The van der Waals surface area contributed by atoms with Crippen molar-refractivity contribution in [3.8, 4) is 0 Å². The van der Waals surface area contributed by atoms with Gasteiger partial charge in [0, 0.05) is 0 Å². The van der Waals surface area contributed by atoms with E-state index in [9.17, 15) is 4.79 Å². The highest BCUT2D eigenvalue weighted by atomic mass is 31.0. The number of carboxylic acids is 1. The zero-order valence-corrected chi connectivity index (χ0v) is 7.50. The molecule has 2 atom stereocenters. The maximum Gasteiger partial charge on any atom is 0.320 e. The molecule has 0 aliphatic rings. The minimum atomic E-state index is -0.782. The summed E-state index contributed by atoms with van der Waals surface area (Å²) < 4.78 is 0. The van der Waals surface area contributed by atoms with Gasteiger partial charge in [-0.05, 0) is 21.0 Å². The average molecular weight is 151 g/mol. The molecule has 9 heavy (non-hydrogen) atoms. The van der Waals surface area contributed by atoms with Crippen LogP contribution in [-0.4, -0.2) is 36.1 Å². The molecule has 0 spiro atoms. The Labute approximate surface area is 58.7 Å². The van der Waals surface area contributed by atoms with E-state index in [1.807, 2.05) is 0 Å². The summed E-state index contributed by atoms with van der Waals surface area (Å²) in [5, 5.41) is 8.31. The SMILES string of the molecule is CC(C(=O)O)N(C)C.P. The summed E-state index contributed by atoms with van der Waals surface area (Å²) in [6, 6.07) is -0.380. The topological polar surface area (TPSA) is 40.5 Å². The molecule has 1 N–H and O–H groups in total. The summed E-state index contributed by atoms with van der Waals surface area (Å²) in [5.74, 6) is -0.782. The molecule has 3 nitrogen and oxygen atoms in total. The third kappa shape index (κ3) is 4.37. The van der Waals surface area contributed by atoms with Crippen LogP contribution in [0.25, 0.3) is 0 Å². The van der Waals surface area contributed by atoms with Crippen molar-refractivity contribution in [3.63, 3.8) is 0 Å². The van der Waals surface area contributed by atoms with Crippen LogP contribution in [0.15, 0.2) is 0 Å². The molecule has 2 unspecified atom stereocenters. The molecule has 0 aliphatic heterocycles. The van der Waals surface area contributed by atoms with Crippen LogP contribution in [0.1, 0.15) is 6.92 Å². The van der Waals surface area contributed by atoms with Gasteiger partial charge in [0.25, 0.3) is 0 Å². The van der Waals surface area contributed by atoms with Gasteiger partial charge >= 0.3 is 5.97 Å². The van der Waals surface area contributed by atoms with Gasteiger partial charge in [0.2, 0.25) is 0 Å². The molecular formula is C5H14NO2P. The van der Waals surface area contributed by atoms with Crippen molar-refractivity contribution in [3.05, 3.63) is 0 Å². The molecule has 0 aromatic rings.